The SMILES string of the molecule is NNC(=NCC(N)=O)Nc1ccccc1. The van der Waals surface area contributed by atoms with Crippen molar-refractivity contribution in [1.29, 1.82) is 0 Å². The lowest BCUT2D eigenvalue weighted by molar-refractivity contribution is -0.116. The van der Waals surface area contributed by atoms with Crippen LogP contribution in [0.2, 0.25) is 0 Å². The van der Waals surface area contributed by atoms with Gasteiger partial charge in [-0.15, -0.1) is 0 Å². The molecule has 0 aliphatic rings. The van der Waals surface area contributed by atoms with E-state index in [0.29, 0.717) is 5.96 Å². The molecule has 6 N–H and O–H groups in total. The Kier molecular flexibility index (Phi) is 4.11. The Morgan fingerprint density at radius 1 is 1.33 bits per heavy atom. The van der Waals surface area contributed by atoms with Crippen molar-refractivity contribution in [3.63, 3.8) is 0 Å². The third-order valence-corrected chi connectivity index (χ3v) is 1.57. The van der Waals surface area contributed by atoms with Gasteiger partial charge in [-0.25, -0.2) is 10.8 Å². The van der Waals surface area contributed by atoms with Crippen molar-refractivity contribution in [2.45, 2.75) is 0 Å². The molecule has 6 nitrogen and oxygen atoms in total. The predicted octanol–water partition coefficient (Wildman–Crippen LogP) is -0.597. The number of amides is 1. The summed E-state index contributed by atoms with van der Waals surface area (Å²) in [5, 5.41) is 2.89. The molecule has 6 heteroatoms. The standard InChI is InChI=1S/C9H13N5O/c10-8(15)6-12-9(14-11)13-7-4-2-1-3-5-7/h1-5H,6,11H2,(H2,10,15)(H2,12,13,14). The van der Waals surface area contributed by atoms with Crippen molar-refractivity contribution in [1.82, 2.24) is 5.43 Å². The summed E-state index contributed by atoms with van der Waals surface area (Å²) in [6.07, 6.45) is 0. The minimum absolute atomic E-state index is 0.112. The molecular formula is C9H13N5O. The van der Waals surface area contributed by atoms with Crippen LogP contribution in [0.4, 0.5) is 5.69 Å². The maximum Gasteiger partial charge on any atom is 0.239 e. The van der Waals surface area contributed by atoms with Gasteiger partial charge in [-0.1, -0.05) is 18.2 Å². The van der Waals surface area contributed by atoms with E-state index in [1.807, 2.05) is 30.3 Å². The third kappa shape index (κ3) is 4.10. The van der Waals surface area contributed by atoms with Gasteiger partial charge in [0.1, 0.15) is 6.54 Å². The van der Waals surface area contributed by atoms with Gasteiger partial charge < -0.3 is 11.1 Å². The monoisotopic (exact) mass is 207 g/mol. The first-order valence-electron chi connectivity index (χ1n) is 4.34. The number of guanidine groups is 1. The van der Waals surface area contributed by atoms with Crippen molar-refractivity contribution in [3.05, 3.63) is 30.3 Å². The summed E-state index contributed by atoms with van der Waals surface area (Å²) in [6, 6.07) is 9.31. The number of nitrogens with zero attached hydrogens (tertiary/aromatic N) is 1. The lowest BCUT2D eigenvalue weighted by Crippen LogP contribution is -2.37. The lowest BCUT2D eigenvalue weighted by atomic mass is 10.3. The number of rotatable bonds is 3. The van der Waals surface area contributed by atoms with Crippen LogP contribution in [0.25, 0.3) is 0 Å². The molecule has 1 rings (SSSR count). The Balaban J connectivity index is 2.61. The van der Waals surface area contributed by atoms with E-state index in [9.17, 15) is 4.79 Å². The summed E-state index contributed by atoms with van der Waals surface area (Å²) >= 11 is 0. The molecule has 1 aromatic carbocycles. The largest absolute Gasteiger partial charge is 0.368 e. The number of hydrazine groups is 1. The van der Waals surface area contributed by atoms with E-state index in [1.165, 1.54) is 0 Å². The van der Waals surface area contributed by atoms with Gasteiger partial charge in [0.05, 0.1) is 0 Å². The van der Waals surface area contributed by atoms with Crippen LogP contribution < -0.4 is 22.3 Å². The minimum atomic E-state index is -0.516. The van der Waals surface area contributed by atoms with Crippen molar-refractivity contribution in [2.75, 3.05) is 11.9 Å². The zero-order valence-corrected chi connectivity index (χ0v) is 8.10. The van der Waals surface area contributed by atoms with Crippen LogP contribution >= 0.6 is 0 Å². The van der Waals surface area contributed by atoms with Crippen LogP contribution in [-0.2, 0) is 4.79 Å². The van der Waals surface area contributed by atoms with Crippen LogP contribution in [0.3, 0.4) is 0 Å². The second-order valence-electron chi connectivity index (χ2n) is 2.77. The molecule has 0 saturated heterocycles. The molecule has 0 atom stereocenters. The average molecular weight is 207 g/mol. The number of carbonyl (C=O) groups excluding carboxylic acids is 1. The molecule has 0 fully saturated rings. The molecule has 0 unspecified atom stereocenters. The van der Waals surface area contributed by atoms with Gasteiger partial charge >= 0.3 is 0 Å². The third-order valence-electron chi connectivity index (χ3n) is 1.57. The van der Waals surface area contributed by atoms with E-state index in [4.69, 9.17) is 11.6 Å². The molecule has 15 heavy (non-hydrogen) atoms. The minimum Gasteiger partial charge on any atom is -0.368 e. The van der Waals surface area contributed by atoms with E-state index in [2.05, 4.69) is 15.7 Å². The highest BCUT2D eigenvalue weighted by atomic mass is 16.1. The van der Waals surface area contributed by atoms with Gasteiger partial charge in [-0.2, -0.15) is 0 Å². The molecule has 0 aliphatic carbocycles. The van der Waals surface area contributed by atoms with E-state index in [0.717, 1.165) is 5.69 Å². The highest BCUT2D eigenvalue weighted by Gasteiger charge is 1.97. The van der Waals surface area contributed by atoms with Crippen molar-refractivity contribution >= 4 is 17.6 Å². The number of nitrogens with one attached hydrogen (secondary N) is 2. The Bertz CT molecular complexity index is 349. The maximum atomic E-state index is 10.5. The maximum absolute atomic E-state index is 10.5. The fourth-order valence-electron chi connectivity index (χ4n) is 0.936. The second-order valence-corrected chi connectivity index (χ2v) is 2.77. The number of para-hydroxylation sites is 1. The number of hydrogen-bond donors (Lipinski definition) is 4. The van der Waals surface area contributed by atoms with Gasteiger partial charge in [0.25, 0.3) is 0 Å². The molecule has 80 valence electrons. The van der Waals surface area contributed by atoms with Crippen molar-refractivity contribution < 1.29 is 4.79 Å². The quantitative estimate of drug-likeness (QED) is 0.230. The molecular weight excluding hydrogens is 194 g/mol. The smallest absolute Gasteiger partial charge is 0.239 e. The predicted molar refractivity (Wildman–Crippen MR) is 58.9 cm³/mol. The number of primary amides is 1. The van der Waals surface area contributed by atoms with E-state index < -0.39 is 5.91 Å². The highest BCUT2D eigenvalue weighted by Crippen LogP contribution is 2.03. The Morgan fingerprint density at radius 3 is 2.53 bits per heavy atom. The molecule has 0 heterocycles. The van der Waals surface area contributed by atoms with Gasteiger partial charge in [0.15, 0.2) is 0 Å². The molecule has 0 saturated carbocycles. The Morgan fingerprint density at radius 2 is 2.00 bits per heavy atom. The molecule has 0 spiro atoms. The van der Waals surface area contributed by atoms with E-state index in [-0.39, 0.29) is 6.54 Å². The van der Waals surface area contributed by atoms with Gasteiger partial charge in [0.2, 0.25) is 11.9 Å². The average Bonchev–Trinajstić information content (AvgIpc) is 2.25. The number of carbonyl (C=O) groups is 1. The number of hydrogen-bond acceptors (Lipinski definition) is 3. The summed E-state index contributed by atoms with van der Waals surface area (Å²) in [6.45, 7) is -0.112. The number of aliphatic imine (C=N–C) groups is 1. The topological polar surface area (TPSA) is 106 Å². The molecule has 0 aromatic heterocycles. The van der Waals surface area contributed by atoms with Crippen LogP contribution in [0.15, 0.2) is 35.3 Å². The molecule has 0 bridgehead atoms. The second kappa shape index (κ2) is 5.61. The Labute approximate surface area is 87.3 Å². The van der Waals surface area contributed by atoms with Crippen LogP contribution in [0, 0.1) is 0 Å². The number of benzene rings is 1. The molecule has 0 radical (unpaired) electrons. The van der Waals surface area contributed by atoms with Crippen LogP contribution in [-0.4, -0.2) is 18.4 Å². The van der Waals surface area contributed by atoms with Gasteiger partial charge in [-0.05, 0) is 12.1 Å². The first-order chi connectivity index (χ1) is 7.22. The highest BCUT2D eigenvalue weighted by molar-refractivity contribution is 5.94. The zero-order chi connectivity index (χ0) is 11.1. The molecule has 1 aromatic rings. The lowest BCUT2D eigenvalue weighted by Gasteiger charge is -2.07. The summed E-state index contributed by atoms with van der Waals surface area (Å²) in [7, 11) is 0. The van der Waals surface area contributed by atoms with Gasteiger partial charge in [0, 0.05) is 5.69 Å². The first kappa shape index (κ1) is 11.0. The van der Waals surface area contributed by atoms with Crippen molar-refractivity contribution in [3.8, 4) is 0 Å². The van der Waals surface area contributed by atoms with Gasteiger partial charge in [-0.3, -0.25) is 10.2 Å². The summed E-state index contributed by atoms with van der Waals surface area (Å²) in [4.78, 5) is 14.3. The molecule has 1 amide bonds. The summed E-state index contributed by atoms with van der Waals surface area (Å²) < 4.78 is 0. The van der Waals surface area contributed by atoms with Crippen molar-refractivity contribution in [2.24, 2.45) is 16.6 Å². The number of nitrogens with two attached hydrogens (primary N) is 2. The fraction of sp³-hybridized carbons (Fsp3) is 0.111. The normalized spacial score (nSPS) is 10.9. The molecule has 0 aliphatic heterocycles. The van der Waals surface area contributed by atoms with Crippen LogP contribution in [0.1, 0.15) is 0 Å². The van der Waals surface area contributed by atoms with Crippen LogP contribution in [0.5, 0.6) is 0 Å². The first-order valence-corrected chi connectivity index (χ1v) is 4.34. The fourth-order valence-corrected chi connectivity index (χ4v) is 0.936. The summed E-state index contributed by atoms with van der Waals surface area (Å²) in [5.41, 5.74) is 8.10. The Hall–Kier alpha value is -2.08. The zero-order valence-electron chi connectivity index (χ0n) is 8.10. The van der Waals surface area contributed by atoms with E-state index >= 15 is 0 Å². The summed E-state index contributed by atoms with van der Waals surface area (Å²) in [5.74, 6) is 4.99. The number of anilines is 1. The van der Waals surface area contributed by atoms with E-state index in [1.54, 1.807) is 0 Å².